The number of nitrogens with zero attached hydrogens (tertiary/aromatic N) is 1. The number of amidine groups is 1. The summed E-state index contributed by atoms with van der Waals surface area (Å²) in [5.41, 5.74) is 1.50. The Morgan fingerprint density at radius 2 is 2.00 bits per heavy atom. The Hall–Kier alpha value is -0.230. The Morgan fingerprint density at radius 3 is 2.61 bits per heavy atom. The van der Waals surface area contributed by atoms with E-state index in [-0.39, 0.29) is 0 Å². The van der Waals surface area contributed by atoms with E-state index in [2.05, 4.69) is 77.9 Å². The highest BCUT2D eigenvalue weighted by Gasteiger charge is 2.24. The molecular formula is C14H19IN2S. The van der Waals surface area contributed by atoms with E-state index in [9.17, 15) is 0 Å². The number of rotatable bonds is 2. The lowest BCUT2D eigenvalue weighted by Crippen LogP contribution is -2.16. The first kappa shape index (κ1) is 14.2. The predicted octanol–water partition coefficient (Wildman–Crippen LogP) is 4.61. The minimum absolute atomic E-state index is 0.380. The van der Waals surface area contributed by atoms with Crippen LogP contribution in [0, 0.1) is 8.99 Å². The quantitative estimate of drug-likeness (QED) is 0.765. The van der Waals surface area contributed by atoms with Crippen LogP contribution in [0.2, 0.25) is 0 Å². The molecule has 4 heteroatoms. The molecule has 2 rings (SSSR count). The molecule has 2 nitrogen and oxygen atoms in total. The zero-order valence-corrected chi connectivity index (χ0v) is 14.0. The van der Waals surface area contributed by atoms with E-state index in [4.69, 9.17) is 0 Å². The van der Waals surface area contributed by atoms with Crippen molar-refractivity contribution in [2.45, 2.75) is 32.4 Å². The monoisotopic (exact) mass is 374 g/mol. The van der Waals surface area contributed by atoms with Gasteiger partial charge in [-0.15, -0.1) is 0 Å². The van der Waals surface area contributed by atoms with Crippen molar-refractivity contribution in [3.05, 3.63) is 27.8 Å². The molecule has 0 spiro atoms. The van der Waals surface area contributed by atoms with Crippen LogP contribution in [0.4, 0.5) is 5.69 Å². The molecule has 18 heavy (non-hydrogen) atoms. The maximum atomic E-state index is 4.59. The summed E-state index contributed by atoms with van der Waals surface area (Å²) in [5, 5.41) is 5.08. The average Bonchev–Trinajstić information content (AvgIpc) is 2.66. The molecule has 0 aromatic heterocycles. The molecule has 0 fully saturated rings. The van der Waals surface area contributed by atoms with E-state index in [0.29, 0.717) is 10.7 Å². The first-order valence-electron chi connectivity index (χ1n) is 6.16. The maximum Gasteiger partial charge on any atom is 0.161 e. The van der Waals surface area contributed by atoms with Gasteiger partial charge in [0.25, 0.3) is 0 Å². The summed E-state index contributed by atoms with van der Waals surface area (Å²) in [4.78, 5) is 4.59. The van der Waals surface area contributed by atoms with Crippen LogP contribution in [0.15, 0.2) is 29.3 Å². The molecule has 1 atom stereocenters. The molecule has 1 aliphatic rings. The fourth-order valence-corrected chi connectivity index (χ4v) is 3.67. The lowest BCUT2D eigenvalue weighted by atomic mass is 9.90. The van der Waals surface area contributed by atoms with Crippen LogP contribution >= 0.6 is 34.4 Å². The summed E-state index contributed by atoms with van der Waals surface area (Å²) in [6.45, 7) is 7.81. The summed E-state index contributed by atoms with van der Waals surface area (Å²) in [5.74, 6) is 0. The van der Waals surface area contributed by atoms with E-state index >= 15 is 0 Å². The molecule has 1 aliphatic heterocycles. The Kier molecular flexibility index (Phi) is 4.59. The summed E-state index contributed by atoms with van der Waals surface area (Å²) in [6, 6.07) is 8.41. The lowest BCUT2D eigenvalue weighted by Gasteiger charge is -2.21. The van der Waals surface area contributed by atoms with Crippen molar-refractivity contribution in [3.8, 4) is 0 Å². The Bertz CT molecular complexity index is 434. The second-order valence-corrected chi connectivity index (χ2v) is 8.32. The van der Waals surface area contributed by atoms with Crippen LogP contribution in [0.1, 0.15) is 27.2 Å². The number of benzene rings is 1. The minimum Gasteiger partial charge on any atom is -0.335 e. The van der Waals surface area contributed by atoms with Crippen molar-refractivity contribution < 1.29 is 0 Å². The normalized spacial score (nSPS) is 19.8. The summed E-state index contributed by atoms with van der Waals surface area (Å²) >= 11 is 4.19. The van der Waals surface area contributed by atoms with Crippen LogP contribution in [0.5, 0.6) is 0 Å². The molecule has 1 N–H and O–H groups in total. The number of nitrogens with one attached hydrogen (secondary N) is 1. The van der Waals surface area contributed by atoms with E-state index in [1.165, 1.54) is 9.99 Å². The summed E-state index contributed by atoms with van der Waals surface area (Å²) in [7, 11) is 0. The van der Waals surface area contributed by atoms with Crippen LogP contribution < -0.4 is 5.32 Å². The molecule has 0 radical (unpaired) electrons. The first-order chi connectivity index (χ1) is 8.42. The molecular weight excluding hydrogens is 355 g/mol. The highest BCUT2D eigenvalue weighted by atomic mass is 127. The third kappa shape index (κ3) is 4.46. The smallest absolute Gasteiger partial charge is 0.161 e. The van der Waals surface area contributed by atoms with Crippen molar-refractivity contribution in [3.63, 3.8) is 0 Å². The molecule has 1 aromatic carbocycles. The predicted molar refractivity (Wildman–Crippen MR) is 90.5 cm³/mol. The van der Waals surface area contributed by atoms with Gasteiger partial charge < -0.3 is 5.32 Å². The van der Waals surface area contributed by atoms with E-state index in [1.54, 1.807) is 0 Å². The van der Waals surface area contributed by atoms with Gasteiger partial charge in [-0.25, -0.2) is 0 Å². The van der Waals surface area contributed by atoms with Crippen molar-refractivity contribution in [2.24, 2.45) is 10.4 Å². The van der Waals surface area contributed by atoms with Crippen molar-refractivity contribution in [2.75, 3.05) is 11.9 Å². The van der Waals surface area contributed by atoms with E-state index < -0.39 is 0 Å². The van der Waals surface area contributed by atoms with E-state index in [1.807, 2.05) is 11.8 Å². The van der Waals surface area contributed by atoms with Gasteiger partial charge in [0.1, 0.15) is 0 Å². The van der Waals surface area contributed by atoms with Gasteiger partial charge in [-0.2, -0.15) is 0 Å². The van der Waals surface area contributed by atoms with Gasteiger partial charge in [-0.3, -0.25) is 4.99 Å². The van der Waals surface area contributed by atoms with E-state index in [0.717, 1.165) is 17.4 Å². The fourth-order valence-electron chi connectivity index (χ4n) is 1.93. The number of halogens is 1. The standard InChI is InChI=1S/C14H19IN2S/c1-14(2,3)8-12-9-16-13(18-12)17-11-6-4-10(15)5-7-11/h4-7,12H,8-9H2,1-3H3,(H,16,17). The topological polar surface area (TPSA) is 24.4 Å². The van der Waals surface area contributed by atoms with Gasteiger partial charge in [0.05, 0.1) is 6.54 Å². The Balaban J connectivity index is 1.88. The van der Waals surface area contributed by atoms with Crippen molar-refractivity contribution >= 4 is 45.2 Å². The molecule has 0 aliphatic carbocycles. The van der Waals surface area contributed by atoms with Crippen LogP contribution in [0.25, 0.3) is 0 Å². The Labute approximate surface area is 127 Å². The number of anilines is 1. The third-order valence-corrected chi connectivity index (χ3v) is 4.48. The first-order valence-corrected chi connectivity index (χ1v) is 8.12. The van der Waals surface area contributed by atoms with Gasteiger partial charge in [-0.05, 0) is 58.7 Å². The van der Waals surface area contributed by atoms with Crippen LogP contribution in [-0.2, 0) is 0 Å². The summed E-state index contributed by atoms with van der Waals surface area (Å²) in [6.07, 6.45) is 1.21. The average molecular weight is 374 g/mol. The van der Waals surface area contributed by atoms with Crippen molar-refractivity contribution in [1.29, 1.82) is 0 Å². The molecule has 1 aromatic rings. The third-order valence-electron chi connectivity index (χ3n) is 2.65. The highest BCUT2D eigenvalue weighted by Crippen LogP contribution is 2.32. The lowest BCUT2D eigenvalue weighted by molar-refractivity contribution is 0.375. The number of hydrogen-bond acceptors (Lipinski definition) is 3. The molecule has 0 saturated heterocycles. The molecule has 1 unspecified atom stereocenters. The summed E-state index contributed by atoms with van der Waals surface area (Å²) < 4.78 is 1.25. The zero-order valence-electron chi connectivity index (χ0n) is 11.0. The largest absolute Gasteiger partial charge is 0.335 e. The van der Waals surface area contributed by atoms with Gasteiger partial charge >= 0.3 is 0 Å². The van der Waals surface area contributed by atoms with Gasteiger partial charge in [0, 0.05) is 14.5 Å². The molecule has 0 saturated carbocycles. The fraction of sp³-hybridized carbons (Fsp3) is 0.500. The number of hydrogen-bond donors (Lipinski definition) is 1. The molecule has 0 bridgehead atoms. The van der Waals surface area contributed by atoms with Gasteiger partial charge in [0.15, 0.2) is 5.17 Å². The Morgan fingerprint density at radius 1 is 1.33 bits per heavy atom. The second-order valence-electron chi connectivity index (χ2n) is 5.78. The minimum atomic E-state index is 0.380. The second kappa shape index (κ2) is 5.82. The molecule has 0 amide bonds. The van der Waals surface area contributed by atoms with Gasteiger partial charge in [0.2, 0.25) is 0 Å². The van der Waals surface area contributed by atoms with Crippen LogP contribution in [0.3, 0.4) is 0 Å². The zero-order chi connectivity index (χ0) is 13.2. The highest BCUT2D eigenvalue weighted by molar-refractivity contribution is 14.1. The number of thioether (sulfide) groups is 1. The van der Waals surface area contributed by atoms with Crippen molar-refractivity contribution in [1.82, 2.24) is 0 Å². The maximum absolute atomic E-state index is 4.59. The van der Waals surface area contributed by atoms with Gasteiger partial charge in [-0.1, -0.05) is 32.5 Å². The van der Waals surface area contributed by atoms with Crippen LogP contribution in [-0.4, -0.2) is 17.0 Å². The molecule has 1 heterocycles. The molecule has 98 valence electrons. The SMILES string of the molecule is CC(C)(C)CC1CN=C(Nc2ccc(I)cc2)S1. The number of aliphatic imine (C=N–C) groups is 1.